The Morgan fingerprint density at radius 2 is 2.19 bits per heavy atom. The highest BCUT2D eigenvalue weighted by Gasteiger charge is 2.33. The maximum atomic E-state index is 5.00. The first-order valence-electron chi connectivity index (χ1n) is 7.95. The van der Waals surface area contributed by atoms with Crippen LogP contribution in [0, 0.1) is 0 Å². The molecule has 2 nitrogen and oxygen atoms in total. The van der Waals surface area contributed by atoms with Gasteiger partial charge in [-0.15, -0.1) is 11.3 Å². The van der Waals surface area contributed by atoms with Crippen LogP contribution in [0.5, 0.6) is 0 Å². The molecule has 0 amide bonds. The first-order chi connectivity index (χ1) is 10.1. The van der Waals surface area contributed by atoms with E-state index in [1.165, 1.54) is 46.1 Å². The Hall–Kier alpha value is -1.19. The number of rotatable bonds is 2. The number of fused-ring (bicyclic) bond motifs is 3. The van der Waals surface area contributed by atoms with Crippen LogP contribution in [0.2, 0.25) is 0 Å². The maximum absolute atomic E-state index is 5.00. The molecule has 1 atom stereocenters. The van der Waals surface area contributed by atoms with E-state index < -0.39 is 0 Å². The molecular formula is C18H22N2S. The third-order valence-corrected chi connectivity index (χ3v) is 5.92. The Morgan fingerprint density at radius 3 is 3.00 bits per heavy atom. The second-order valence-corrected chi connectivity index (χ2v) is 8.15. The summed E-state index contributed by atoms with van der Waals surface area (Å²) in [6, 6.07) is 9.45. The Morgan fingerprint density at radius 1 is 1.33 bits per heavy atom. The van der Waals surface area contributed by atoms with E-state index in [1.54, 1.807) is 0 Å². The molecule has 0 spiro atoms. The van der Waals surface area contributed by atoms with Crippen LogP contribution < -0.4 is 5.32 Å². The highest BCUT2D eigenvalue weighted by molar-refractivity contribution is 7.12. The number of hydrogen-bond acceptors (Lipinski definition) is 3. The van der Waals surface area contributed by atoms with Crippen molar-refractivity contribution in [3.8, 4) is 11.3 Å². The summed E-state index contributed by atoms with van der Waals surface area (Å²) in [5.74, 6) is 0. The molecule has 1 aliphatic carbocycles. The fraction of sp³-hybridized carbons (Fsp3) is 0.500. The largest absolute Gasteiger partial charge is 0.314 e. The lowest BCUT2D eigenvalue weighted by molar-refractivity contribution is 0.521. The molecule has 0 radical (unpaired) electrons. The predicted molar refractivity (Wildman–Crippen MR) is 89.0 cm³/mol. The van der Waals surface area contributed by atoms with E-state index >= 15 is 0 Å². The van der Waals surface area contributed by atoms with E-state index in [0.717, 1.165) is 12.8 Å². The van der Waals surface area contributed by atoms with Crippen molar-refractivity contribution in [2.75, 3.05) is 6.54 Å². The third kappa shape index (κ3) is 2.33. The Labute approximate surface area is 130 Å². The average molecular weight is 298 g/mol. The number of hydrogen-bond donors (Lipinski definition) is 1. The number of thiazole rings is 1. The van der Waals surface area contributed by atoms with Gasteiger partial charge in [-0.3, -0.25) is 0 Å². The lowest BCUT2D eigenvalue weighted by atomic mass is 9.74. The molecule has 4 rings (SSSR count). The van der Waals surface area contributed by atoms with Crippen LogP contribution in [0.4, 0.5) is 0 Å². The maximum Gasteiger partial charge on any atom is 0.0950 e. The summed E-state index contributed by atoms with van der Waals surface area (Å²) in [5, 5.41) is 4.90. The lowest BCUT2D eigenvalue weighted by Gasteiger charge is -2.31. The summed E-state index contributed by atoms with van der Waals surface area (Å²) in [5.41, 5.74) is 4.28. The van der Waals surface area contributed by atoms with Gasteiger partial charge in [0.2, 0.25) is 0 Å². The number of nitrogens with zero attached hydrogens (tertiary/aromatic N) is 1. The second-order valence-electron chi connectivity index (χ2n) is 6.98. The van der Waals surface area contributed by atoms with Crippen LogP contribution in [0.15, 0.2) is 24.3 Å². The minimum Gasteiger partial charge on any atom is -0.314 e. The zero-order chi connectivity index (χ0) is 14.4. The molecule has 2 aliphatic rings. The van der Waals surface area contributed by atoms with Gasteiger partial charge in [-0.1, -0.05) is 38.1 Å². The topological polar surface area (TPSA) is 24.9 Å². The average Bonchev–Trinajstić information content (AvgIpc) is 3.08. The Kier molecular flexibility index (Phi) is 3.16. The normalized spacial score (nSPS) is 22.9. The monoisotopic (exact) mass is 298 g/mol. The molecular weight excluding hydrogens is 276 g/mol. The summed E-state index contributed by atoms with van der Waals surface area (Å²) in [6.45, 7) is 5.88. The Bertz CT molecular complexity index is 666. The Balaban J connectivity index is 1.72. The highest BCUT2D eigenvalue weighted by atomic mass is 32.1. The fourth-order valence-electron chi connectivity index (χ4n) is 3.74. The van der Waals surface area contributed by atoms with E-state index in [-0.39, 0.29) is 5.41 Å². The first kappa shape index (κ1) is 13.5. The van der Waals surface area contributed by atoms with Crippen LogP contribution in [-0.4, -0.2) is 17.6 Å². The van der Waals surface area contributed by atoms with Gasteiger partial charge in [0.25, 0.3) is 0 Å². The van der Waals surface area contributed by atoms with Gasteiger partial charge in [0.1, 0.15) is 0 Å². The van der Waals surface area contributed by atoms with Crippen molar-refractivity contribution in [1.29, 1.82) is 0 Å². The van der Waals surface area contributed by atoms with E-state index in [4.69, 9.17) is 4.98 Å². The lowest BCUT2D eigenvalue weighted by Crippen LogP contribution is -2.24. The van der Waals surface area contributed by atoms with E-state index in [9.17, 15) is 0 Å². The predicted octanol–water partition coefficient (Wildman–Crippen LogP) is 3.94. The van der Waals surface area contributed by atoms with Crippen molar-refractivity contribution in [2.24, 2.45) is 0 Å². The molecule has 1 aromatic carbocycles. The zero-order valence-corrected chi connectivity index (χ0v) is 13.6. The molecule has 2 aromatic rings. The molecule has 3 heteroatoms. The van der Waals surface area contributed by atoms with Crippen LogP contribution >= 0.6 is 11.3 Å². The van der Waals surface area contributed by atoms with Gasteiger partial charge in [0.05, 0.1) is 10.7 Å². The van der Waals surface area contributed by atoms with Crippen molar-refractivity contribution in [3.63, 3.8) is 0 Å². The summed E-state index contributed by atoms with van der Waals surface area (Å²) >= 11 is 1.94. The zero-order valence-electron chi connectivity index (χ0n) is 12.8. The molecule has 2 heterocycles. The van der Waals surface area contributed by atoms with Crippen molar-refractivity contribution in [3.05, 3.63) is 39.7 Å². The van der Waals surface area contributed by atoms with Gasteiger partial charge in [-0.25, -0.2) is 4.98 Å². The van der Waals surface area contributed by atoms with Gasteiger partial charge in [0, 0.05) is 22.9 Å². The highest BCUT2D eigenvalue weighted by Crippen LogP contribution is 2.44. The number of benzene rings is 1. The van der Waals surface area contributed by atoms with Gasteiger partial charge in [-0.2, -0.15) is 0 Å². The molecule has 1 aliphatic heterocycles. The molecule has 0 saturated carbocycles. The standard InChI is InChI=1S/C18H22N2S/c1-18(2)11-15-17(13-7-3-4-8-14(13)18)20-16(21-15)10-12-6-5-9-19-12/h3-4,7-8,12,19H,5-6,9-11H2,1-2H3. The number of aromatic nitrogens is 1. The summed E-state index contributed by atoms with van der Waals surface area (Å²) in [4.78, 5) is 6.48. The van der Waals surface area contributed by atoms with Crippen molar-refractivity contribution >= 4 is 11.3 Å². The van der Waals surface area contributed by atoms with Gasteiger partial charge in [-0.05, 0) is 36.8 Å². The van der Waals surface area contributed by atoms with Gasteiger partial charge >= 0.3 is 0 Å². The molecule has 1 aromatic heterocycles. The van der Waals surface area contributed by atoms with Crippen LogP contribution in [0.25, 0.3) is 11.3 Å². The minimum absolute atomic E-state index is 0.221. The summed E-state index contributed by atoms with van der Waals surface area (Å²) < 4.78 is 0. The molecule has 110 valence electrons. The van der Waals surface area contributed by atoms with E-state index in [2.05, 4.69) is 43.4 Å². The van der Waals surface area contributed by atoms with E-state index in [0.29, 0.717) is 6.04 Å². The smallest absolute Gasteiger partial charge is 0.0950 e. The molecule has 1 unspecified atom stereocenters. The second kappa shape index (κ2) is 4.92. The molecule has 21 heavy (non-hydrogen) atoms. The van der Waals surface area contributed by atoms with Gasteiger partial charge in [0.15, 0.2) is 0 Å². The molecule has 1 fully saturated rings. The van der Waals surface area contributed by atoms with Crippen molar-refractivity contribution in [2.45, 2.75) is 51.0 Å². The van der Waals surface area contributed by atoms with E-state index in [1.807, 2.05) is 11.3 Å². The van der Waals surface area contributed by atoms with Crippen LogP contribution in [-0.2, 0) is 18.3 Å². The summed E-state index contributed by atoms with van der Waals surface area (Å²) in [6.07, 6.45) is 4.83. The molecule has 0 bridgehead atoms. The SMILES string of the molecule is CC1(C)Cc2sc(CC3CCCN3)nc2-c2ccccc21. The first-order valence-corrected chi connectivity index (χ1v) is 8.77. The minimum atomic E-state index is 0.221. The van der Waals surface area contributed by atoms with Gasteiger partial charge < -0.3 is 5.32 Å². The number of nitrogens with one attached hydrogen (secondary N) is 1. The van der Waals surface area contributed by atoms with Crippen molar-refractivity contribution < 1.29 is 0 Å². The summed E-state index contributed by atoms with van der Waals surface area (Å²) in [7, 11) is 0. The van der Waals surface area contributed by atoms with Crippen LogP contribution in [0.3, 0.4) is 0 Å². The molecule has 1 N–H and O–H groups in total. The molecule has 1 saturated heterocycles. The van der Waals surface area contributed by atoms with Crippen LogP contribution in [0.1, 0.15) is 42.1 Å². The fourth-order valence-corrected chi connectivity index (χ4v) is 5.13. The van der Waals surface area contributed by atoms with Crippen molar-refractivity contribution in [1.82, 2.24) is 10.3 Å². The third-order valence-electron chi connectivity index (χ3n) is 4.84. The quantitative estimate of drug-likeness (QED) is 0.908.